The Labute approximate surface area is 85.7 Å². The number of halogens is 1. The highest BCUT2D eigenvalue weighted by Gasteiger charge is 2.26. The molecule has 0 aromatic heterocycles. The van der Waals surface area contributed by atoms with Crippen molar-refractivity contribution in [2.24, 2.45) is 0 Å². The van der Waals surface area contributed by atoms with E-state index in [4.69, 9.17) is 9.05 Å². The van der Waals surface area contributed by atoms with Crippen LogP contribution in [0, 0.1) is 0 Å². The van der Waals surface area contributed by atoms with Crippen molar-refractivity contribution >= 4 is 28.8 Å². The third-order valence-electron chi connectivity index (χ3n) is 1.63. The van der Waals surface area contributed by atoms with Gasteiger partial charge in [0.2, 0.25) is 0 Å². The Bertz CT molecular complexity index is 332. The molecule has 0 aliphatic carbocycles. The van der Waals surface area contributed by atoms with Crippen molar-refractivity contribution in [2.75, 3.05) is 14.2 Å². The number of rotatable bonds is 3. The van der Waals surface area contributed by atoms with E-state index >= 15 is 0 Å². The Balaban J connectivity index is 3.20. The minimum Gasteiger partial charge on any atom is -0.309 e. The van der Waals surface area contributed by atoms with Crippen molar-refractivity contribution in [3.8, 4) is 0 Å². The van der Waals surface area contributed by atoms with Crippen molar-refractivity contribution in [1.29, 1.82) is 0 Å². The lowest BCUT2D eigenvalue weighted by Gasteiger charge is -2.14. The van der Waals surface area contributed by atoms with Crippen molar-refractivity contribution in [2.45, 2.75) is 0 Å². The fourth-order valence-corrected chi connectivity index (χ4v) is 3.03. The summed E-state index contributed by atoms with van der Waals surface area (Å²) in [6.45, 7) is 0. The van der Waals surface area contributed by atoms with Crippen LogP contribution in [0.25, 0.3) is 0 Å². The average molecular weight is 265 g/mol. The first-order valence-electron chi connectivity index (χ1n) is 3.60. The molecule has 3 nitrogen and oxygen atoms in total. The summed E-state index contributed by atoms with van der Waals surface area (Å²) < 4.78 is 22.3. The second kappa shape index (κ2) is 4.38. The van der Waals surface area contributed by atoms with Gasteiger partial charge in [-0.25, -0.2) is 0 Å². The first-order valence-corrected chi connectivity index (χ1v) is 5.94. The van der Waals surface area contributed by atoms with E-state index in [1.807, 2.05) is 6.07 Å². The molecule has 1 aromatic carbocycles. The van der Waals surface area contributed by atoms with E-state index in [1.165, 1.54) is 14.2 Å². The quantitative estimate of drug-likeness (QED) is 0.788. The molecule has 0 unspecified atom stereocenters. The van der Waals surface area contributed by atoms with Gasteiger partial charge in [0.15, 0.2) is 0 Å². The molecule has 0 fully saturated rings. The van der Waals surface area contributed by atoms with Gasteiger partial charge in [-0.2, -0.15) is 0 Å². The zero-order valence-electron chi connectivity index (χ0n) is 7.36. The van der Waals surface area contributed by atoms with Crippen LogP contribution in [0.3, 0.4) is 0 Å². The smallest absolute Gasteiger partial charge is 0.309 e. The third-order valence-corrected chi connectivity index (χ3v) is 4.57. The van der Waals surface area contributed by atoms with E-state index in [2.05, 4.69) is 15.9 Å². The summed E-state index contributed by atoms with van der Waals surface area (Å²) in [5, 5.41) is 0.542. The molecule has 0 bridgehead atoms. The molecule has 1 rings (SSSR count). The fourth-order valence-electron chi connectivity index (χ4n) is 0.945. The molecule has 0 aliphatic heterocycles. The van der Waals surface area contributed by atoms with Crippen molar-refractivity contribution in [1.82, 2.24) is 0 Å². The van der Waals surface area contributed by atoms with Crippen LogP contribution in [-0.4, -0.2) is 14.2 Å². The molecule has 0 saturated heterocycles. The maximum absolute atomic E-state index is 11.9. The van der Waals surface area contributed by atoms with Gasteiger partial charge in [0.25, 0.3) is 0 Å². The molecular formula is C8H10BrO3P. The molecule has 0 spiro atoms. The summed E-state index contributed by atoms with van der Waals surface area (Å²) >= 11 is 3.28. The molecule has 0 atom stereocenters. The van der Waals surface area contributed by atoms with Crippen LogP contribution in [0.15, 0.2) is 28.7 Å². The van der Waals surface area contributed by atoms with Gasteiger partial charge in [-0.3, -0.25) is 4.57 Å². The maximum Gasteiger partial charge on any atom is 0.361 e. The van der Waals surface area contributed by atoms with Gasteiger partial charge in [-0.05, 0) is 28.1 Å². The molecule has 0 radical (unpaired) electrons. The van der Waals surface area contributed by atoms with E-state index in [0.717, 1.165) is 4.47 Å². The molecule has 72 valence electrons. The van der Waals surface area contributed by atoms with Crippen LogP contribution in [0.1, 0.15) is 0 Å². The summed E-state index contributed by atoms with van der Waals surface area (Å²) in [7, 11) is -0.388. The van der Waals surface area contributed by atoms with Crippen LogP contribution < -0.4 is 5.30 Å². The number of benzene rings is 1. The Kier molecular flexibility index (Phi) is 3.68. The van der Waals surface area contributed by atoms with Gasteiger partial charge in [0.05, 0.1) is 5.30 Å². The highest BCUT2D eigenvalue weighted by atomic mass is 79.9. The predicted molar refractivity (Wildman–Crippen MR) is 55.4 cm³/mol. The molecule has 0 aliphatic rings. The molecule has 0 amide bonds. The summed E-state index contributed by atoms with van der Waals surface area (Å²) in [4.78, 5) is 0. The van der Waals surface area contributed by atoms with Gasteiger partial charge in [-0.15, -0.1) is 0 Å². The predicted octanol–water partition coefficient (Wildman–Crippen LogP) is 2.56. The Hall–Kier alpha value is -0.150. The minimum atomic E-state index is -3.12. The van der Waals surface area contributed by atoms with E-state index in [9.17, 15) is 4.57 Å². The van der Waals surface area contributed by atoms with Crippen LogP contribution in [0.5, 0.6) is 0 Å². The van der Waals surface area contributed by atoms with E-state index in [-0.39, 0.29) is 0 Å². The zero-order valence-corrected chi connectivity index (χ0v) is 9.84. The van der Waals surface area contributed by atoms with Gasteiger partial charge in [-0.1, -0.05) is 12.1 Å². The summed E-state index contributed by atoms with van der Waals surface area (Å²) in [6.07, 6.45) is 0. The first-order chi connectivity index (χ1) is 6.14. The largest absolute Gasteiger partial charge is 0.361 e. The second-order valence-electron chi connectivity index (χ2n) is 2.31. The lowest BCUT2D eigenvalue weighted by Crippen LogP contribution is -2.08. The molecule has 13 heavy (non-hydrogen) atoms. The van der Waals surface area contributed by atoms with Crippen LogP contribution in [0.4, 0.5) is 0 Å². The molecule has 0 saturated carbocycles. The fraction of sp³-hybridized carbons (Fsp3) is 0.250. The van der Waals surface area contributed by atoms with Gasteiger partial charge < -0.3 is 9.05 Å². The van der Waals surface area contributed by atoms with E-state index in [0.29, 0.717) is 5.30 Å². The first kappa shape index (κ1) is 10.9. The lowest BCUT2D eigenvalue weighted by atomic mass is 10.4. The normalized spacial score (nSPS) is 11.6. The Morgan fingerprint density at radius 2 is 1.77 bits per heavy atom. The molecule has 0 heterocycles. The molecule has 1 aromatic rings. The van der Waals surface area contributed by atoms with Gasteiger partial charge in [0.1, 0.15) is 0 Å². The third kappa shape index (κ3) is 2.20. The SMILES string of the molecule is COP(=O)(OC)c1ccccc1Br. The summed E-state index contributed by atoms with van der Waals surface area (Å²) in [5.74, 6) is 0. The topological polar surface area (TPSA) is 35.5 Å². The van der Waals surface area contributed by atoms with Crippen LogP contribution in [0.2, 0.25) is 0 Å². The second-order valence-corrected chi connectivity index (χ2v) is 5.38. The molecule has 5 heteroatoms. The molecular weight excluding hydrogens is 255 g/mol. The van der Waals surface area contributed by atoms with Crippen LogP contribution >= 0.6 is 23.5 Å². The van der Waals surface area contributed by atoms with Crippen LogP contribution in [-0.2, 0) is 13.6 Å². The standard InChI is InChI=1S/C8H10BrO3P/c1-11-13(10,12-2)8-6-4-3-5-7(8)9/h3-6H,1-2H3. The summed E-state index contributed by atoms with van der Waals surface area (Å²) in [6, 6.07) is 7.12. The summed E-state index contributed by atoms with van der Waals surface area (Å²) in [5.41, 5.74) is 0. The average Bonchev–Trinajstić information content (AvgIpc) is 2.17. The number of hydrogen-bond donors (Lipinski definition) is 0. The number of hydrogen-bond acceptors (Lipinski definition) is 3. The minimum absolute atomic E-state index is 0.542. The Morgan fingerprint density at radius 3 is 2.23 bits per heavy atom. The van der Waals surface area contributed by atoms with E-state index in [1.54, 1.807) is 18.2 Å². The van der Waals surface area contributed by atoms with Crippen molar-refractivity contribution < 1.29 is 13.6 Å². The lowest BCUT2D eigenvalue weighted by molar-refractivity contribution is 0.287. The van der Waals surface area contributed by atoms with Gasteiger partial charge in [0, 0.05) is 18.7 Å². The molecule has 0 N–H and O–H groups in total. The monoisotopic (exact) mass is 264 g/mol. The maximum atomic E-state index is 11.9. The van der Waals surface area contributed by atoms with Crippen molar-refractivity contribution in [3.63, 3.8) is 0 Å². The zero-order chi connectivity index (χ0) is 9.90. The Morgan fingerprint density at radius 1 is 1.23 bits per heavy atom. The highest BCUT2D eigenvalue weighted by molar-refractivity contribution is 9.10. The van der Waals surface area contributed by atoms with E-state index < -0.39 is 7.60 Å². The van der Waals surface area contributed by atoms with Gasteiger partial charge >= 0.3 is 7.60 Å². The highest BCUT2D eigenvalue weighted by Crippen LogP contribution is 2.46. The van der Waals surface area contributed by atoms with Crippen molar-refractivity contribution in [3.05, 3.63) is 28.7 Å².